The van der Waals surface area contributed by atoms with E-state index in [9.17, 15) is 0 Å². The predicted molar refractivity (Wildman–Crippen MR) is 151 cm³/mol. The summed E-state index contributed by atoms with van der Waals surface area (Å²) in [5, 5.41) is 1.44. The summed E-state index contributed by atoms with van der Waals surface area (Å²) >= 11 is 0. The fraction of sp³-hybridized carbons (Fsp3) is 0.688. The normalized spacial score (nSPS) is 11.4. The number of rotatable bonds is 22. The number of H-pyrrole nitrogens is 1. The number of allylic oxidation sites excluding steroid dienone is 1. The number of aryl methyl sites for hydroxylation is 2. The molecule has 0 saturated heterocycles. The quantitative estimate of drug-likeness (QED) is 0.135. The molecule has 0 bridgehead atoms. The van der Waals surface area contributed by atoms with Crippen LogP contribution in [0.4, 0.5) is 0 Å². The Kier molecular flexibility index (Phi) is 15.6. The zero-order valence-corrected chi connectivity index (χ0v) is 22.6. The van der Waals surface area contributed by atoms with Crippen molar-refractivity contribution in [3.63, 3.8) is 0 Å². The molecule has 1 aromatic carbocycles. The summed E-state index contributed by atoms with van der Waals surface area (Å²) in [6.07, 6.45) is 27.4. The van der Waals surface area contributed by atoms with Crippen LogP contribution in [0.1, 0.15) is 134 Å². The Bertz CT molecular complexity index is 774. The van der Waals surface area contributed by atoms with E-state index in [4.69, 9.17) is 4.74 Å². The number of hydrogen-bond donors (Lipinski definition) is 1. The summed E-state index contributed by atoms with van der Waals surface area (Å²) in [6, 6.07) is 7.01. The van der Waals surface area contributed by atoms with Crippen LogP contribution in [-0.2, 0) is 17.6 Å². The first kappa shape index (κ1) is 28.5. The molecule has 1 N–H and O–H groups in total. The summed E-state index contributed by atoms with van der Waals surface area (Å²) in [4.78, 5) is 3.42. The Balaban J connectivity index is 1.35. The molecule has 0 saturated carbocycles. The average molecular weight is 468 g/mol. The number of nitrogens with one attached hydrogen (secondary N) is 1. The molecule has 0 aliphatic heterocycles. The van der Waals surface area contributed by atoms with Crippen LogP contribution in [-0.4, -0.2) is 11.6 Å². The smallest absolute Gasteiger partial charge is 0.0888 e. The number of aromatic nitrogens is 1. The molecule has 0 aliphatic carbocycles. The van der Waals surface area contributed by atoms with Gasteiger partial charge in [0, 0.05) is 23.5 Å². The molecule has 0 atom stereocenters. The first-order valence-electron chi connectivity index (χ1n) is 14.6. The largest absolute Gasteiger partial charge is 0.499 e. The van der Waals surface area contributed by atoms with Gasteiger partial charge in [0.25, 0.3) is 0 Å². The minimum absolute atomic E-state index is 0.824. The van der Waals surface area contributed by atoms with E-state index >= 15 is 0 Å². The van der Waals surface area contributed by atoms with Crippen LogP contribution >= 0.6 is 0 Å². The van der Waals surface area contributed by atoms with Crippen molar-refractivity contribution >= 4 is 10.9 Å². The molecule has 2 aromatic rings. The Labute approximate surface area is 211 Å². The number of ether oxygens (including phenoxy) is 1. The highest BCUT2D eigenvalue weighted by molar-refractivity contribution is 5.83. The maximum atomic E-state index is 5.55. The molecule has 0 spiro atoms. The van der Waals surface area contributed by atoms with Gasteiger partial charge >= 0.3 is 0 Å². The minimum atomic E-state index is 0.824. The Morgan fingerprint density at radius 3 is 1.91 bits per heavy atom. The van der Waals surface area contributed by atoms with Crippen LogP contribution < -0.4 is 0 Å². The van der Waals surface area contributed by atoms with Gasteiger partial charge in [0.1, 0.15) is 0 Å². The molecule has 34 heavy (non-hydrogen) atoms. The molecular weight excluding hydrogens is 414 g/mol. The van der Waals surface area contributed by atoms with E-state index < -0.39 is 0 Å². The summed E-state index contributed by atoms with van der Waals surface area (Å²) in [7, 11) is 0. The van der Waals surface area contributed by atoms with Gasteiger partial charge in [0.05, 0.1) is 12.4 Å². The van der Waals surface area contributed by atoms with Gasteiger partial charge in [0.15, 0.2) is 0 Å². The molecule has 2 nitrogen and oxygen atoms in total. The van der Waals surface area contributed by atoms with Gasteiger partial charge in [-0.25, -0.2) is 0 Å². The third-order valence-corrected chi connectivity index (χ3v) is 7.03. The zero-order valence-electron chi connectivity index (χ0n) is 22.6. The lowest BCUT2D eigenvalue weighted by Crippen LogP contribution is -1.92. The van der Waals surface area contributed by atoms with Crippen molar-refractivity contribution in [2.24, 2.45) is 0 Å². The maximum Gasteiger partial charge on any atom is 0.0888 e. The van der Waals surface area contributed by atoms with Gasteiger partial charge in [-0.3, -0.25) is 0 Å². The van der Waals surface area contributed by atoms with Crippen LogP contribution in [0, 0.1) is 0 Å². The number of fused-ring (bicyclic) bond motifs is 1. The van der Waals surface area contributed by atoms with Crippen molar-refractivity contribution < 1.29 is 4.74 Å². The highest BCUT2D eigenvalue weighted by Gasteiger charge is 2.04. The molecule has 0 fully saturated rings. The second-order valence-corrected chi connectivity index (χ2v) is 10.3. The molecule has 1 aromatic heterocycles. The summed E-state index contributed by atoms with van der Waals surface area (Å²) < 4.78 is 5.55. The van der Waals surface area contributed by atoms with E-state index in [1.807, 2.05) is 0 Å². The molecule has 2 heteroatoms. The van der Waals surface area contributed by atoms with Gasteiger partial charge in [-0.2, -0.15) is 0 Å². The number of aromatic amines is 1. The number of unbranched alkanes of at least 4 members (excludes halogenated alkanes) is 13. The average Bonchev–Trinajstić information content (AvgIpc) is 3.24. The minimum Gasteiger partial charge on any atom is -0.499 e. The van der Waals surface area contributed by atoms with E-state index in [2.05, 4.69) is 49.8 Å². The molecule has 2 rings (SSSR count). The van der Waals surface area contributed by atoms with Crippen LogP contribution in [0.15, 0.2) is 36.7 Å². The molecule has 0 aliphatic rings. The third kappa shape index (κ3) is 12.1. The van der Waals surface area contributed by atoms with Gasteiger partial charge in [-0.05, 0) is 55.4 Å². The molecular formula is C32H53NO. The van der Waals surface area contributed by atoms with E-state index in [-0.39, 0.29) is 0 Å². The van der Waals surface area contributed by atoms with Crippen molar-refractivity contribution in [1.29, 1.82) is 0 Å². The molecule has 0 unspecified atom stereocenters. The number of hydrogen-bond acceptors (Lipinski definition) is 1. The lowest BCUT2D eigenvalue weighted by Gasteiger charge is -2.07. The third-order valence-electron chi connectivity index (χ3n) is 7.03. The standard InChI is InChI=1S/C32H53NO/c1-4-20-30-27-33-32-24-23-29(26-31(30)32)22-19-17-15-13-11-9-7-6-8-10-12-14-16-18-21-28(3)34-25-5-2/h23-24,26-27,33H,3-22,25H2,1-2H3. The highest BCUT2D eigenvalue weighted by atomic mass is 16.5. The topological polar surface area (TPSA) is 25.0 Å². The summed E-state index contributed by atoms with van der Waals surface area (Å²) in [6.45, 7) is 9.23. The monoisotopic (exact) mass is 467 g/mol. The second kappa shape index (κ2) is 18.6. The Hall–Kier alpha value is -1.70. The first-order valence-corrected chi connectivity index (χ1v) is 14.6. The van der Waals surface area contributed by atoms with Crippen LogP contribution in [0.5, 0.6) is 0 Å². The maximum absolute atomic E-state index is 5.55. The van der Waals surface area contributed by atoms with Crippen molar-refractivity contribution in [2.45, 2.75) is 136 Å². The van der Waals surface area contributed by atoms with E-state index in [0.717, 1.165) is 25.2 Å². The van der Waals surface area contributed by atoms with Crippen LogP contribution in [0.3, 0.4) is 0 Å². The summed E-state index contributed by atoms with van der Waals surface area (Å²) in [5.41, 5.74) is 4.29. The first-order chi connectivity index (χ1) is 16.7. The van der Waals surface area contributed by atoms with E-state index in [0.29, 0.717) is 0 Å². The van der Waals surface area contributed by atoms with Gasteiger partial charge in [-0.1, -0.05) is 110 Å². The summed E-state index contributed by atoms with van der Waals surface area (Å²) in [5.74, 6) is 0.984. The lowest BCUT2D eigenvalue weighted by atomic mass is 10.0. The zero-order chi connectivity index (χ0) is 24.3. The van der Waals surface area contributed by atoms with Crippen molar-refractivity contribution in [2.75, 3.05) is 6.61 Å². The van der Waals surface area contributed by atoms with E-state index in [1.165, 1.54) is 131 Å². The van der Waals surface area contributed by atoms with E-state index in [1.54, 1.807) is 0 Å². The molecule has 0 radical (unpaired) electrons. The molecule has 1 heterocycles. The number of benzene rings is 1. The Morgan fingerprint density at radius 1 is 0.735 bits per heavy atom. The van der Waals surface area contributed by atoms with Gasteiger partial charge < -0.3 is 9.72 Å². The molecule has 192 valence electrons. The SMILES string of the molecule is C=C(CCCCCCCCCCCCCCCCc1ccc2[nH]cc(CCC)c2c1)OCCC. The van der Waals surface area contributed by atoms with Crippen molar-refractivity contribution in [1.82, 2.24) is 4.98 Å². The molecule has 0 amide bonds. The fourth-order valence-corrected chi connectivity index (χ4v) is 4.95. The highest BCUT2D eigenvalue weighted by Crippen LogP contribution is 2.22. The van der Waals surface area contributed by atoms with Crippen LogP contribution in [0.25, 0.3) is 10.9 Å². The Morgan fingerprint density at radius 2 is 1.32 bits per heavy atom. The lowest BCUT2D eigenvalue weighted by molar-refractivity contribution is 0.202. The van der Waals surface area contributed by atoms with Crippen molar-refractivity contribution in [3.05, 3.63) is 47.9 Å². The predicted octanol–water partition coefficient (Wildman–Crippen LogP) is 10.5. The van der Waals surface area contributed by atoms with Crippen LogP contribution in [0.2, 0.25) is 0 Å². The van der Waals surface area contributed by atoms with Crippen molar-refractivity contribution in [3.8, 4) is 0 Å². The second-order valence-electron chi connectivity index (χ2n) is 10.3. The fourth-order valence-electron chi connectivity index (χ4n) is 4.95. The van der Waals surface area contributed by atoms with Gasteiger partial charge in [-0.15, -0.1) is 0 Å². The van der Waals surface area contributed by atoms with Gasteiger partial charge in [0.2, 0.25) is 0 Å².